The van der Waals surface area contributed by atoms with Gasteiger partial charge in [0.1, 0.15) is 16.8 Å². The van der Waals surface area contributed by atoms with E-state index in [0.29, 0.717) is 17.9 Å². The van der Waals surface area contributed by atoms with Gasteiger partial charge in [-0.15, -0.1) is 13.2 Å². The molecule has 0 bridgehead atoms. The third kappa shape index (κ3) is 6.54. The Labute approximate surface area is 284 Å². The number of nitrogens with one attached hydrogen (secondary N) is 2. The van der Waals surface area contributed by atoms with Crippen LogP contribution in [0.1, 0.15) is 23.1 Å². The van der Waals surface area contributed by atoms with Crippen LogP contribution in [0.4, 0.5) is 24.7 Å². The fraction of sp³-hybridized carbons (Fsp3) is 0.270. The van der Waals surface area contributed by atoms with Crippen molar-refractivity contribution in [3.63, 3.8) is 0 Å². The highest BCUT2D eigenvalue weighted by atomic mass is 19.4. The van der Waals surface area contributed by atoms with E-state index in [9.17, 15) is 23.4 Å². The van der Waals surface area contributed by atoms with Crippen LogP contribution in [0.5, 0.6) is 5.75 Å². The summed E-state index contributed by atoms with van der Waals surface area (Å²) in [5.74, 6) is 0.297. The lowest BCUT2D eigenvalue weighted by atomic mass is 9.92. The van der Waals surface area contributed by atoms with Crippen LogP contribution in [0, 0.1) is 19.3 Å². The summed E-state index contributed by atoms with van der Waals surface area (Å²) in [6.07, 6.45) is 0.135. The smallest absolute Gasteiger partial charge is 0.452 e. The van der Waals surface area contributed by atoms with Gasteiger partial charge in [-0.05, 0) is 72.4 Å². The zero-order valence-electron chi connectivity index (χ0n) is 27.4. The summed E-state index contributed by atoms with van der Waals surface area (Å²) in [6, 6.07) is 17.1. The Kier molecular flexibility index (Phi) is 8.80. The number of furan rings is 1. The number of benzene rings is 2. The first-order chi connectivity index (χ1) is 24.0. The quantitative estimate of drug-likeness (QED) is 0.131. The molecule has 10 nitrogen and oxygen atoms in total. The molecule has 1 atom stereocenters. The number of likely N-dealkylation sites (tertiary alicyclic amines) is 1. The highest BCUT2D eigenvalue weighted by Crippen LogP contribution is 2.39. The van der Waals surface area contributed by atoms with Gasteiger partial charge in [0.05, 0.1) is 24.3 Å². The largest absolute Gasteiger partial charge is 0.573 e. The maximum absolute atomic E-state index is 13.3. The number of hydrogen-bond donors (Lipinski definition) is 4. The normalized spacial score (nSPS) is 15.3. The van der Waals surface area contributed by atoms with Crippen LogP contribution in [-0.2, 0) is 13.1 Å². The molecule has 0 aliphatic carbocycles. The molecule has 4 N–H and O–H groups in total. The van der Waals surface area contributed by atoms with Crippen LogP contribution in [0.2, 0.25) is 0 Å². The number of halogens is 3. The molecule has 2 aromatic carbocycles. The minimum Gasteiger partial charge on any atom is -0.452 e. The summed E-state index contributed by atoms with van der Waals surface area (Å²) in [5, 5.41) is 32.4. The van der Waals surface area contributed by atoms with Gasteiger partial charge in [-0.25, -0.2) is 4.98 Å². The first-order valence-corrected chi connectivity index (χ1v) is 16.2. The number of hydrogen-bond acceptors (Lipinski definition) is 9. The molecule has 6 aromatic rings. The molecule has 0 saturated carbocycles. The van der Waals surface area contributed by atoms with E-state index in [1.165, 1.54) is 10.6 Å². The van der Waals surface area contributed by atoms with Crippen molar-refractivity contribution >= 4 is 33.4 Å². The number of rotatable bonds is 9. The zero-order chi connectivity index (χ0) is 35.2. The van der Waals surface area contributed by atoms with Gasteiger partial charge in [0.15, 0.2) is 17.2 Å². The molecular weight excluding hydrogens is 649 g/mol. The maximum atomic E-state index is 13.3. The van der Waals surface area contributed by atoms with E-state index in [-0.39, 0.29) is 41.5 Å². The average Bonchev–Trinajstić information content (AvgIpc) is 3.71. The molecule has 50 heavy (non-hydrogen) atoms. The van der Waals surface area contributed by atoms with Gasteiger partial charge >= 0.3 is 6.36 Å². The topological polar surface area (TPSA) is 133 Å². The van der Waals surface area contributed by atoms with Crippen molar-refractivity contribution in [2.75, 3.05) is 25.0 Å². The molecule has 1 aliphatic rings. The molecular formula is C37H35F3N6O4. The summed E-state index contributed by atoms with van der Waals surface area (Å²) in [6.45, 7) is 5.69. The van der Waals surface area contributed by atoms with Crippen LogP contribution in [0.3, 0.4) is 0 Å². The minimum absolute atomic E-state index is 0.0857. The van der Waals surface area contributed by atoms with E-state index < -0.39 is 12.1 Å². The van der Waals surface area contributed by atoms with E-state index in [4.69, 9.17) is 14.8 Å². The number of anilines is 2. The Morgan fingerprint density at radius 1 is 1.04 bits per heavy atom. The van der Waals surface area contributed by atoms with Crippen LogP contribution in [0.15, 0.2) is 77.6 Å². The van der Waals surface area contributed by atoms with Gasteiger partial charge in [0, 0.05) is 55.2 Å². The first kappa shape index (κ1) is 33.3. The van der Waals surface area contributed by atoms with Crippen molar-refractivity contribution in [2.24, 2.45) is 0 Å². The number of β-amino-alcohol motifs (C(OH)–C–C–N with tert-alkyl or cyclic N) is 1. The Bertz CT molecular complexity index is 2280. The van der Waals surface area contributed by atoms with E-state index in [0.717, 1.165) is 70.1 Å². The first-order valence-electron chi connectivity index (χ1n) is 16.2. The van der Waals surface area contributed by atoms with E-state index in [1.807, 2.05) is 62.5 Å². The Morgan fingerprint density at radius 2 is 1.80 bits per heavy atom. The number of aliphatic hydroxyl groups is 2. The molecule has 13 heteroatoms. The van der Waals surface area contributed by atoms with Crippen molar-refractivity contribution in [1.29, 1.82) is 5.41 Å². The van der Waals surface area contributed by atoms with Crippen LogP contribution >= 0.6 is 0 Å². The molecule has 7 rings (SSSR count). The molecule has 0 radical (unpaired) electrons. The predicted octanol–water partition coefficient (Wildman–Crippen LogP) is 6.81. The summed E-state index contributed by atoms with van der Waals surface area (Å²) in [5.41, 5.74) is 6.53. The van der Waals surface area contributed by atoms with E-state index in [2.05, 4.69) is 26.0 Å². The second-order valence-corrected chi connectivity index (χ2v) is 12.5. The van der Waals surface area contributed by atoms with Crippen molar-refractivity contribution < 1.29 is 32.5 Å². The lowest BCUT2D eigenvalue weighted by molar-refractivity contribution is -0.274. The number of aliphatic hydroxyl groups excluding tert-OH is 2. The van der Waals surface area contributed by atoms with Gasteiger partial charge in [0.2, 0.25) is 0 Å². The lowest BCUT2D eigenvalue weighted by Crippen LogP contribution is -2.24. The molecule has 0 amide bonds. The highest BCUT2D eigenvalue weighted by Gasteiger charge is 2.33. The number of aromatic nitrogens is 3. The Hall–Kier alpha value is -5.24. The molecule has 0 spiro atoms. The van der Waals surface area contributed by atoms with Gasteiger partial charge < -0.3 is 29.3 Å². The molecule has 258 valence electrons. The monoisotopic (exact) mass is 684 g/mol. The van der Waals surface area contributed by atoms with Crippen LogP contribution in [0.25, 0.3) is 44.3 Å². The lowest BCUT2D eigenvalue weighted by Gasteiger charge is -2.17. The van der Waals surface area contributed by atoms with E-state index >= 15 is 0 Å². The third-order valence-electron chi connectivity index (χ3n) is 9.12. The van der Waals surface area contributed by atoms with Crippen LogP contribution in [-0.4, -0.2) is 61.8 Å². The zero-order valence-corrected chi connectivity index (χ0v) is 27.4. The van der Waals surface area contributed by atoms with Crippen molar-refractivity contribution in [3.8, 4) is 28.2 Å². The fourth-order valence-corrected chi connectivity index (χ4v) is 6.67. The molecule has 1 fully saturated rings. The Balaban J connectivity index is 1.22. The number of fused-ring (bicyclic) bond motifs is 2. The molecule has 1 saturated heterocycles. The minimum atomic E-state index is -4.98. The summed E-state index contributed by atoms with van der Waals surface area (Å²) in [4.78, 5) is 11.6. The second kappa shape index (κ2) is 13.2. The number of pyridine rings is 3. The second-order valence-electron chi connectivity index (χ2n) is 12.5. The van der Waals surface area contributed by atoms with Gasteiger partial charge in [-0.1, -0.05) is 30.3 Å². The fourth-order valence-electron chi connectivity index (χ4n) is 6.67. The molecule has 4 aromatic heterocycles. The highest BCUT2D eigenvalue weighted by molar-refractivity contribution is 5.92. The van der Waals surface area contributed by atoms with Crippen molar-refractivity contribution in [1.82, 2.24) is 19.4 Å². The van der Waals surface area contributed by atoms with E-state index in [1.54, 1.807) is 6.20 Å². The summed E-state index contributed by atoms with van der Waals surface area (Å²) < 4.78 is 51.4. The molecule has 0 unspecified atom stereocenters. The standard InChI is InChI=1S/C37H35F3N6O4/c1-21-26(5-3-7-28(21)31-16-29-34(49-31)32(50-37(38,39)40)20-46(13-14-47)35(29)41)27-6-4-8-30(22(27)2)44-36-33-24(9-11-42-36)15-23(17-43-33)18-45-12-10-25(48)19-45/h3-9,11,15-17,20,25,41,47-48H,10,12-14,18-19H2,1-2H3,(H,42,44)/t25-/m1/s1. The predicted molar refractivity (Wildman–Crippen MR) is 183 cm³/mol. The van der Waals surface area contributed by atoms with Crippen molar-refractivity contribution in [3.05, 3.63) is 95.4 Å². The molecule has 1 aliphatic heterocycles. The average molecular weight is 685 g/mol. The Morgan fingerprint density at radius 3 is 2.54 bits per heavy atom. The SMILES string of the molecule is Cc1c(Nc2nccc3cc(CN4CC[C@@H](O)C4)cnc23)cccc1-c1cccc(-c2cc3c(=N)n(CCO)cc(OC(F)(F)F)c3o2)c1C. The summed E-state index contributed by atoms with van der Waals surface area (Å²) in [7, 11) is 0. The summed E-state index contributed by atoms with van der Waals surface area (Å²) >= 11 is 0. The van der Waals surface area contributed by atoms with Gasteiger partial charge in [-0.2, -0.15) is 0 Å². The maximum Gasteiger partial charge on any atom is 0.573 e. The molecule has 5 heterocycles. The number of alkyl halides is 3. The van der Waals surface area contributed by atoms with Crippen molar-refractivity contribution in [2.45, 2.75) is 45.8 Å². The van der Waals surface area contributed by atoms with Gasteiger partial charge in [-0.3, -0.25) is 15.3 Å². The van der Waals surface area contributed by atoms with Gasteiger partial charge in [0.25, 0.3) is 0 Å². The third-order valence-corrected chi connectivity index (χ3v) is 9.12. The number of ether oxygens (including phenoxy) is 1. The van der Waals surface area contributed by atoms with Crippen LogP contribution < -0.4 is 15.5 Å². The number of nitrogens with zero attached hydrogens (tertiary/aromatic N) is 4.